The molecule has 1 heterocycles. The number of hydrogen-bond acceptors (Lipinski definition) is 3. The van der Waals surface area contributed by atoms with Crippen LogP contribution in [0.1, 0.15) is 29.7 Å². The Morgan fingerprint density at radius 3 is 2.63 bits per heavy atom. The van der Waals surface area contributed by atoms with Crippen molar-refractivity contribution in [2.24, 2.45) is 5.73 Å². The highest BCUT2D eigenvalue weighted by molar-refractivity contribution is 5.48. The summed E-state index contributed by atoms with van der Waals surface area (Å²) in [6, 6.07) is 13.9. The fraction of sp³-hybridized carbons (Fsp3) is 0.300. The molecule has 1 aliphatic carbocycles. The predicted octanol–water partition coefficient (Wildman–Crippen LogP) is 2.99. The molecular weight excluding hydrogens is 350 g/mol. The molecular formula is C20H22F2N4O. The van der Waals surface area contributed by atoms with Crippen molar-refractivity contribution in [3.05, 3.63) is 87.6 Å². The van der Waals surface area contributed by atoms with E-state index in [1.54, 1.807) is 0 Å². The van der Waals surface area contributed by atoms with E-state index in [1.165, 1.54) is 27.6 Å². The lowest BCUT2D eigenvalue weighted by molar-refractivity contribution is 0.400. The van der Waals surface area contributed by atoms with Gasteiger partial charge in [-0.15, -0.1) is 0 Å². The van der Waals surface area contributed by atoms with Gasteiger partial charge in [0.15, 0.2) is 0 Å². The number of halogens is 2. The Labute approximate surface area is 156 Å². The van der Waals surface area contributed by atoms with Crippen molar-refractivity contribution in [1.29, 1.82) is 0 Å². The largest absolute Gasteiger partial charge is 0.346 e. The van der Waals surface area contributed by atoms with E-state index in [9.17, 15) is 13.6 Å². The summed E-state index contributed by atoms with van der Waals surface area (Å²) in [5.74, 6) is 0. The second-order valence-electron chi connectivity index (χ2n) is 6.60. The molecule has 7 heteroatoms. The van der Waals surface area contributed by atoms with Gasteiger partial charge in [0.1, 0.15) is 6.33 Å². The van der Waals surface area contributed by atoms with Gasteiger partial charge in [-0.05, 0) is 36.5 Å². The normalized spacial score (nSPS) is 12.7. The lowest BCUT2D eigenvalue weighted by Crippen LogP contribution is -2.29. The smallest absolute Gasteiger partial charge is 0.327 e. The van der Waals surface area contributed by atoms with Crippen LogP contribution in [0, 0.1) is 0 Å². The van der Waals surface area contributed by atoms with Gasteiger partial charge in [0.25, 0.3) is 6.08 Å². The minimum atomic E-state index is -1.86. The van der Waals surface area contributed by atoms with Gasteiger partial charge in [0.2, 0.25) is 0 Å². The minimum absolute atomic E-state index is 0.150. The summed E-state index contributed by atoms with van der Waals surface area (Å²) in [5, 5.41) is 3.97. The standard InChI is InChI=1S/C20H22F2N4O/c1-14(9-15-7-5-3-2-4-6-8-16-10-18(15)16)25-13-24-26(20(25)27)12-17(11-23)19(21)22/h2-8,13-14H,9-12,23H2,1H3. The monoisotopic (exact) mass is 372 g/mol. The van der Waals surface area contributed by atoms with E-state index < -0.39 is 11.8 Å². The topological polar surface area (TPSA) is 65.8 Å². The van der Waals surface area contributed by atoms with E-state index in [-0.39, 0.29) is 24.7 Å². The molecule has 0 saturated carbocycles. The summed E-state index contributed by atoms with van der Waals surface area (Å²) < 4.78 is 28.1. The van der Waals surface area contributed by atoms with Gasteiger partial charge in [-0.2, -0.15) is 13.9 Å². The quantitative estimate of drug-likeness (QED) is 0.723. The predicted molar refractivity (Wildman–Crippen MR) is 100 cm³/mol. The fourth-order valence-electron chi connectivity index (χ4n) is 3.01. The molecule has 0 radical (unpaired) electrons. The first-order valence-electron chi connectivity index (χ1n) is 8.81. The van der Waals surface area contributed by atoms with Crippen molar-refractivity contribution in [3.63, 3.8) is 0 Å². The van der Waals surface area contributed by atoms with Gasteiger partial charge in [-0.25, -0.2) is 9.48 Å². The van der Waals surface area contributed by atoms with Crippen LogP contribution in [0.15, 0.2) is 65.2 Å². The zero-order valence-electron chi connectivity index (χ0n) is 15.1. The van der Waals surface area contributed by atoms with Crippen LogP contribution < -0.4 is 11.4 Å². The Bertz CT molecular complexity index is 972. The second-order valence-corrected chi connectivity index (χ2v) is 6.60. The van der Waals surface area contributed by atoms with Crippen molar-refractivity contribution >= 4 is 0 Å². The van der Waals surface area contributed by atoms with Crippen LogP contribution in [-0.4, -0.2) is 20.9 Å². The summed E-state index contributed by atoms with van der Waals surface area (Å²) in [5.41, 5.74) is 8.38. The maximum absolute atomic E-state index is 12.8. The number of hydrogen-bond donors (Lipinski definition) is 1. The summed E-state index contributed by atoms with van der Waals surface area (Å²) in [6.07, 6.45) is 1.15. The van der Waals surface area contributed by atoms with Crippen molar-refractivity contribution in [1.82, 2.24) is 14.3 Å². The summed E-state index contributed by atoms with van der Waals surface area (Å²) >= 11 is 0. The highest BCUT2D eigenvalue weighted by Crippen LogP contribution is 2.31. The van der Waals surface area contributed by atoms with Crippen LogP contribution >= 0.6 is 0 Å². The van der Waals surface area contributed by atoms with Gasteiger partial charge < -0.3 is 5.73 Å². The third kappa shape index (κ3) is 4.49. The van der Waals surface area contributed by atoms with Crippen LogP contribution in [0.25, 0.3) is 0 Å². The summed E-state index contributed by atoms with van der Waals surface area (Å²) in [7, 11) is 0. The zero-order valence-corrected chi connectivity index (χ0v) is 15.1. The molecule has 0 spiro atoms. The maximum Gasteiger partial charge on any atom is 0.346 e. The maximum atomic E-state index is 12.8. The third-order valence-corrected chi connectivity index (χ3v) is 4.66. The molecule has 2 aromatic rings. The minimum Gasteiger partial charge on any atom is -0.327 e. The van der Waals surface area contributed by atoms with E-state index in [0.717, 1.165) is 11.1 Å². The molecule has 142 valence electrons. The SMILES string of the molecule is CC(Cc1cccccccc2c1C2)n1cnn(CC(CN)=C(F)F)c1=O. The molecule has 2 N–H and O–H groups in total. The second kappa shape index (κ2) is 8.26. The Hall–Kier alpha value is -2.80. The molecule has 1 aromatic carbocycles. The van der Waals surface area contributed by atoms with Crippen molar-refractivity contribution < 1.29 is 8.78 Å². The molecule has 0 aliphatic heterocycles. The average Bonchev–Trinajstić information content (AvgIpc) is 3.33. The van der Waals surface area contributed by atoms with Crippen molar-refractivity contribution in [3.8, 4) is 0 Å². The molecule has 1 aromatic heterocycles. The molecule has 0 amide bonds. The van der Waals surface area contributed by atoms with Crippen LogP contribution in [0.3, 0.4) is 0 Å². The highest BCUT2D eigenvalue weighted by atomic mass is 19.3. The number of nitrogens with two attached hydrogens (primary N) is 1. The first kappa shape index (κ1) is 19.0. The Balaban J connectivity index is 1.84. The van der Waals surface area contributed by atoms with Crippen LogP contribution in [0.4, 0.5) is 8.78 Å². The Morgan fingerprint density at radius 1 is 1.22 bits per heavy atom. The van der Waals surface area contributed by atoms with Crippen molar-refractivity contribution in [2.75, 3.05) is 6.54 Å². The van der Waals surface area contributed by atoms with Crippen molar-refractivity contribution in [2.45, 2.75) is 32.4 Å². The first-order chi connectivity index (χ1) is 13.0. The highest BCUT2D eigenvalue weighted by Gasteiger charge is 2.21. The molecule has 1 aliphatic rings. The molecule has 3 rings (SSSR count). The van der Waals surface area contributed by atoms with Gasteiger partial charge in [-0.3, -0.25) is 4.57 Å². The molecule has 1 unspecified atom stereocenters. The van der Waals surface area contributed by atoms with Crippen LogP contribution in [0.5, 0.6) is 0 Å². The van der Waals surface area contributed by atoms with E-state index in [1.807, 2.05) is 37.3 Å². The molecule has 27 heavy (non-hydrogen) atoms. The molecule has 0 fully saturated rings. The summed E-state index contributed by atoms with van der Waals surface area (Å²) in [6.45, 7) is 1.31. The molecule has 0 saturated heterocycles. The Kier molecular flexibility index (Phi) is 5.81. The lowest BCUT2D eigenvalue weighted by Gasteiger charge is -2.11. The first-order valence-corrected chi connectivity index (χ1v) is 8.81. The number of rotatable bonds is 6. The molecule has 0 bridgehead atoms. The Morgan fingerprint density at radius 2 is 1.93 bits per heavy atom. The zero-order chi connectivity index (χ0) is 19.4. The van der Waals surface area contributed by atoms with E-state index in [2.05, 4.69) is 17.2 Å². The van der Waals surface area contributed by atoms with Gasteiger partial charge in [0, 0.05) is 18.2 Å². The third-order valence-electron chi connectivity index (χ3n) is 4.66. The number of aromatic nitrogens is 3. The van der Waals surface area contributed by atoms with Crippen LogP contribution in [-0.2, 0) is 19.4 Å². The van der Waals surface area contributed by atoms with Gasteiger partial charge in [-0.1, -0.05) is 42.5 Å². The van der Waals surface area contributed by atoms with E-state index in [0.29, 0.717) is 6.42 Å². The van der Waals surface area contributed by atoms with E-state index >= 15 is 0 Å². The molecule has 1 atom stereocenters. The van der Waals surface area contributed by atoms with Gasteiger partial charge in [0.05, 0.1) is 6.54 Å². The number of nitrogens with zero attached hydrogens (tertiary/aromatic N) is 3. The molecule has 5 nitrogen and oxygen atoms in total. The average molecular weight is 372 g/mol. The lowest BCUT2D eigenvalue weighted by atomic mass is 10.1. The number of fused-ring (bicyclic) bond motifs is 1. The summed E-state index contributed by atoms with van der Waals surface area (Å²) in [4.78, 5) is 12.5. The van der Waals surface area contributed by atoms with E-state index in [4.69, 9.17) is 5.73 Å². The van der Waals surface area contributed by atoms with Gasteiger partial charge >= 0.3 is 5.69 Å². The van der Waals surface area contributed by atoms with Crippen LogP contribution in [0.2, 0.25) is 0 Å². The fourth-order valence-corrected chi connectivity index (χ4v) is 3.01.